The number of ether oxygens (including phenoxy) is 1. The fraction of sp³-hybridized carbons (Fsp3) is 0.538. The molecule has 0 saturated carbocycles. The first kappa shape index (κ1) is 24.4. The maximum atomic E-state index is 13.3. The number of rotatable bonds is 9. The molecule has 7 nitrogen and oxygen atoms in total. The number of carbonyl (C=O) groups is 1. The number of pyridine rings is 1. The van der Waals surface area contributed by atoms with Gasteiger partial charge >= 0.3 is 0 Å². The van der Waals surface area contributed by atoms with Crippen molar-refractivity contribution in [3.63, 3.8) is 0 Å². The second-order valence-electron chi connectivity index (χ2n) is 9.57. The molecule has 4 rings (SSSR count). The minimum Gasteiger partial charge on any atom is -0.475 e. The van der Waals surface area contributed by atoms with Crippen LogP contribution in [0.1, 0.15) is 44.8 Å². The molecule has 0 spiro atoms. The van der Waals surface area contributed by atoms with E-state index in [4.69, 9.17) is 4.74 Å². The lowest BCUT2D eigenvalue weighted by molar-refractivity contribution is -0.126. The quantitative estimate of drug-likeness (QED) is 0.586. The largest absolute Gasteiger partial charge is 0.475 e. The van der Waals surface area contributed by atoms with Gasteiger partial charge in [-0.1, -0.05) is 0 Å². The molecule has 2 aliphatic rings. The van der Waals surface area contributed by atoms with E-state index in [1.54, 1.807) is 24.4 Å². The summed E-state index contributed by atoms with van der Waals surface area (Å²) in [6.45, 7) is 7.72. The number of aliphatic hydroxyl groups excluding tert-OH is 1. The molecule has 1 aromatic carbocycles. The lowest BCUT2D eigenvalue weighted by Gasteiger charge is -2.29. The minimum absolute atomic E-state index is 0.0198. The lowest BCUT2D eigenvalue weighted by Crippen LogP contribution is -2.48. The van der Waals surface area contributed by atoms with Crippen LogP contribution in [0.4, 0.5) is 10.1 Å². The van der Waals surface area contributed by atoms with Crippen molar-refractivity contribution in [1.82, 2.24) is 15.2 Å². The zero-order valence-corrected chi connectivity index (χ0v) is 20.0. The lowest BCUT2D eigenvalue weighted by atomic mass is 10.0. The molecule has 0 unspecified atom stereocenters. The van der Waals surface area contributed by atoms with Crippen molar-refractivity contribution in [1.29, 1.82) is 0 Å². The maximum Gasteiger partial charge on any atom is 0.225 e. The fourth-order valence-electron chi connectivity index (χ4n) is 4.74. The molecule has 8 heteroatoms. The van der Waals surface area contributed by atoms with E-state index in [1.807, 2.05) is 19.9 Å². The van der Waals surface area contributed by atoms with Crippen LogP contribution in [0, 0.1) is 11.7 Å². The van der Waals surface area contributed by atoms with E-state index >= 15 is 0 Å². The Labute approximate surface area is 200 Å². The molecule has 1 aromatic heterocycles. The molecule has 184 valence electrons. The first-order valence-corrected chi connectivity index (χ1v) is 12.2. The van der Waals surface area contributed by atoms with Gasteiger partial charge in [0.2, 0.25) is 11.8 Å². The highest BCUT2D eigenvalue weighted by atomic mass is 19.1. The van der Waals surface area contributed by atoms with Crippen molar-refractivity contribution >= 4 is 11.6 Å². The Morgan fingerprint density at radius 1 is 1.18 bits per heavy atom. The SMILES string of the molecule is CC(C)Oc1ccc([C@@H](O)[C@@H](CN2CCCC2)NC(=O)[C@H]2CCN(c3ccc(F)cc3)C2)cn1. The summed E-state index contributed by atoms with van der Waals surface area (Å²) < 4.78 is 18.9. The summed E-state index contributed by atoms with van der Waals surface area (Å²) in [5.41, 5.74) is 1.57. The van der Waals surface area contributed by atoms with E-state index in [9.17, 15) is 14.3 Å². The van der Waals surface area contributed by atoms with Crippen LogP contribution < -0.4 is 15.0 Å². The number of aromatic nitrogens is 1. The zero-order chi connectivity index (χ0) is 24.1. The van der Waals surface area contributed by atoms with Crippen molar-refractivity contribution in [3.8, 4) is 5.88 Å². The molecule has 0 aliphatic carbocycles. The number of hydrogen-bond donors (Lipinski definition) is 2. The highest BCUT2D eigenvalue weighted by Gasteiger charge is 2.33. The Morgan fingerprint density at radius 2 is 1.91 bits per heavy atom. The molecular weight excluding hydrogens is 435 g/mol. The van der Waals surface area contributed by atoms with Gasteiger partial charge in [0.05, 0.1) is 18.1 Å². The highest BCUT2D eigenvalue weighted by Crippen LogP contribution is 2.26. The standard InChI is InChI=1S/C26H35FN4O3/c1-18(2)34-24-10-5-19(15-28-24)25(32)23(17-30-12-3-4-13-30)29-26(33)20-11-14-31(16-20)22-8-6-21(27)7-9-22/h5-10,15,18,20,23,25,32H,3-4,11-14,16-17H2,1-2H3,(H,29,33)/t20-,23+,25+/m0/s1. The van der Waals surface area contributed by atoms with Crippen molar-refractivity contribution < 1.29 is 19.0 Å². The van der Waals surface area contributed by atoms with Gasteiger partial charge in [-0.15, -0.1) is 0 Å². The first-order chi connectivity index (χ1) is 16.4. The number of aliphatic hydroxyl groups is 1. The van der Waals surface area contributed by atoms with Gasteiger partial charge in [0.25, 0.3) is 0 Å². The molecule has 3 heterocycles. The minimum atomic E-state index is -0.875. The summed E-state index contributed by atoms with van der Waals surface area (Å²) in [5.74, 6) is 0.00560. The summed E-state index contributed by atoms with van der Waals surface area (Å²) in [4.78, 5) is 21.9. The Kier molecular flexibility index (Phi) is 8.00. The number of anilines is 1. The molecular formula is C26H35FN4O3. The summed E-state index contributed by atoms with van der Waals surface area (Å²) in [6.07, 6.45) is 3.76. The maximum absolute atomic E-state index is 13.3. The van der Waals surface area contributed by atoms with E-state index in [0.717, 1.165) is 44.6 Å². The normalized spacial score (nSPS) is 20.5. The van der Waals surface area contributed by atoms with Crippen LogP contribution in [0.15, 0.2) is 42.6 Å². The third-order valence-corrected chi connectivity index (χ3v) is 6.57. The van der Waals surface area contributed by atoms with Gasteiger partial charge in [-0.2, -0.15) is 0 Å². The number of hydrogen-bond acceptors (Lipinski definition) is 6. The fourth-order valence-corrected chi connectivity index (χ4v) is 4.74. The number of benzene rings is 1. The number of amides is 1. The number of nitrogens with zero attached hydrogens (tertiary/aromatic N) is 3. The molecule has 1 amide bonds. The van der Waals surface area contributed by atoms with Crippen molar-refractivity contribution in [3.05, 3.63) is 54.0 Å². The molecule has 34 heavy (non-hydrogen) atoms. The van der Waals surface area contributed by atoms with E-state index in [2.05, 4.69) is 20.1 Å². The van der Waals surface area contributed by atoms with E-state index in [-0.39, 0.29) is 23.7 Å². The Hall–Kier alpha value is -2.71. The third-order valence-electron chi connectivity index (χ3n) is 6.57. The molecule has 2 aromatic rings. The number of halogens is 1. The van der Waals surface area contributed by atoms with Gasteiger partial charge in [0.1, 0.15) is 11.9 Å². The molecule has 2 saturated heterocycles. The van der Waals surface area contributed by atoms with Gasteiger partial charge in [-0.05, 0) is 76.5 Å². The van der Waals surface area contributed by atoms with Crippen LogP contribution in [-0.2, 0) is 4.79 Å². The average Bonchev–Trinajstić information content (AvgIpc) is 3.51. The van der Waals surface area contributed by atoms with E-state index in [1.165, 1.54) is 12.1 Å². The Bertz CT molecular complexity index is 932. The van der Waals surface area contributed by atoms with Gasteiger partial charge in [-0.25, -0.2) is 9.37 Å². The first-order valence-electron chi connectivity index (χ1n) is 12.2. The van der Waals surface area contributed by atoms with E-state index < -0.39 is 12.1 Å². The second kappa shape index (κ2) is 11.1. The average molecular weight is 471 g/mol. The van der Waals surface area contributed by atoms with Crippen molar-refractivity contribution in [2.45, 2.75) is 51.4 Å². The number of likely N-dealkylation sites (tertiary alicyclic amines) is 1. The molecule has 2 aliphatic heterocycles. The van der Waals surface area contributed by atoms with Crippen LogP contribution in [0.25, 0.3) is 0 Å². The van der Waals surface area contributed by atoms with Crippen LogP contribution in [0.3, 0.4) is 0 Å². The Morgan fingerprint density at radius 3 is 2.56 bits per heavy atom. The molecule has 2 N–H and O–H groups in total. The molecule has 0 radical (unpaired) electrons. The van der Waals surface area contributed by atoms with Gasteiger partial charge in [0, 0.05) is 43.1 Å². The predicted molar refractivity (Wildman–Crippen MR) is 129 cm³/mol. The van der Waals surface area contributed by atoms with Crippen LogP contribution >= 0.6 is 0 Å². The van der Waals surface area contributed by atoms with Crippen LogP contribution in [-0.4, -0.2) is 65.8 Å². The monoisotopic (exact) mass is 470 g/mol. The Balaban J connectivity index is 1.42. The predicted octanol–water partition coefficient (Wildman–Crippen LogP) is 3.15. The summed E-state index contributed by atoms with van der Waals surface area (Å²) in [6, 6.07) is 9.50. The van der Waals surface area contributed by atoms with E-state index in [0.29, 0.717) is 24.5 Å². The van der Waals surface area contributed by atoms with Crippen molar-refractivity contribution in [2.75, 3.05) is 37.6 Å². The van der Waals surface area contributed by atoms with Crippen LogP contribution in [0.5, 0.6) is 5.88 Å². The van der Waals surface area contributed by atoms with Gasteiger partial charge in [0.15, 0.2) is 0 Å². The zero-order valence-electron chi connectivity index (χ0n) is 20.0. The summed E-state index contributed by atoms with van der Waals surface area (Å²) in [5, 5.41) is 14.3. The summed E-state index contributed by atoms with van der Waals surface area (Å²) in [7, 11) is 0. The van der Waals surface area contributed by atoms with Gasteiger partial charge < -0.3 is 25.0 Å². The number of nitrogens with one attached hydrogen (secondary N) is 1. The second-order valence-corrected chi connectivity index (χ2v) is 9.57. The van der Waals surface area contributed by atoms with Crippen molar-refractivity contribution in [2.24, 2.45) is 5.92 Å². The van der Waals surface area contributed by atoms with Crippen LogP contribution in [0.2, 0.25) is 0 Å². The molecule has 3 atom stereocenters. The molecule has 0 bridgehead atoms. The summed E-state index contributed by atoms with van der Waals surface area (Å²) >= 11 is 0. The topological polar surface area (TPSA) is 77.9 Å². The number of carbonyl (C=O) groups excluding carboxylic acids is 1. The smallest absolute Gasteiger partial charge is 0.225 e. The third kappa shape index (κ3) is 6.24. The highest BCUT2D eigenvalue weighted by molar-refractivity contribution is 5.80. The molecule has 2 fully saturated rings. The van der Waals surface area contributed by atoms with Gasteiger partial charge in [-0.3, -0.25) is 4.79 Å².